The first-order valence-corrected chi connectivity index (χ1v) is 6.57. The lowest BCUT2D eigenvalue weighted by Crippen LogP contribution is -2.22. The number of benzene rings is 1. The van der Waals surface area contributed by atoms with E-state index in [9.17, 15) is 19.7 Å². The van der Waals surface area contributed by atoms with Crippen molar-refractivity contribution in [1.29, 1.82) is 0 Å². The molecular weight excluding hydrogens is 276 g/mol. The molecular formula is C13H16N4O4. The molecule has 8 heteroatoms. The van der Waals surface area contributed by atoms with Gasteiger partial charge in [-0.15, -0.1) is 0 Å². The van der Waals surface area contributed by atoms with Crippen LogP contribution in [0.1, 0.15) is 18.4 Å². The predicted octanol–water partition coefficient (Wildman–Crippen LogP) is 1.03. The number of nitrogens with one attached hydrogen (secondary N) is 3. The number of fused-ring (bicyclic) bond motifs is 1. The molecule has 0 aliphatic carbocycles. The SMILES string of the molecule is CNC(=O)CCNc1cc2c(cc1[N+](=O)[O-])NC(=O)CC2. The van der Waals surface area contributed by atoms with E-state index in [2.05, 4.69) is 16.0 Å². The molecule has 0 saturated carbocycles. The number of carbonyl (C=O) groups excluding carboxylic acids is 2. The van der Waals surface area contributed by atoms with Crippen LogP contribution in [0.15, 0.2) is 12.1 Å². The Bertz CT molecular complexity index is 600. The number of hydrogen-bond acceptors (Lipinski definition) is 5. The topological polar surface area (TPSA) is 113 Å². The Morgan fingerprint density at radius 1 is 1.43 bits per heavy atom. The van der Waals surface area contributed by atoms with Gasteiger partial charge in [-0.2, -0.15) is 0 Å². The highest BCUT2D eigenvalue weighted by molar-refractivity contribution is 5.95. The zero-order valence-electron chi connectivity index (χ0n) is 11.6. The second-order valence-electron chi connectivity index (χ2n) is 4.68. The zero-order valence-corrected chi connectivity index (χ0v) is 11.6. The summed E-state index contributed by atoms with van der Waals surface area (Å²) in [6.45, 7) is 0.297. The molecule has 1 heterocycles. The Morgan fingerprint density at radius 2 is 2.19 bits per heavy atom. The summed E-state index contributed by atoms with van der Waals surface area (Å²) < 4.78 is 0. The Morgan fingerprint density at radius 3 is 2.86 bits per heavy atom. The van der Waals surface area contributed by atoms with Crippen molar-refractivity contribution >= 4 is 28.9 Å². The van der Waals surface area contributed by atoms with Crippen molar-refractivity contribution < 1.29 is 14.5 Å². The molecule has 0 spiro atoms. The molecule has 1 aliphatic rings. The van der Waals surface area contributed by atoms with Crippen LogP contribution in [0.25, 0.3) is 0 Å². The molecule has 0 bridgehead atoms. The monoisotopic (exact) mass is 292 g/mol. The van der Waals surface area contributed by atoms with Gasteiger partial charge < -0.3 is 16.0 Å². The highest BCUT2D eigenvalue weighted by Gasteiger charge is 2.22. The van der Waals surface area contributed by atoms with Gasteiger partial charge in [-0.25, -0.2) is 0 Å². The average Bonchev–Trinajstić information content (AvgIpc) is 2.46. The van der Waals surface area contributed by atoms with Crippen molar-refractivity contribution in [3.63, 3.8) is 0 Å². The van der Waals surface area contributed by atoms with Gasteiger partial charge in [-0.3, -0.25) is 19.7 Å². The van der Waals surface area contributed by atoms with Crippen molar-refractivity contribution in [3.8, 4) is 0 Å². The molecule has 1 aromatic rings. The minimum Gasteiger partial charge on any atom is -0.379 e. The van der Waals surface area contributed by atoms with Crippen molar-refractivity contribution in [3.05, 3.63) is 27.8 Å². The molecule has 8 nitrogen and oxygen atoms in total. The molecule has 112 valence electrons. The van der Waals surface area contributed by atoms with Gasteiger partial charge in [0.2, 0.25) is 11.8 Å². The summed E-state index contributed by atoms with van der Waals surface area (Å²) in [4.78, 5) is 33.1. The van der Waals surface area contributed by atoms with Crippen molar-refractivity contribution in [2.75, 3.05) is 24.2 Å². The largest absolute Gasteiger partial charge is 0.379 e. The van der Waals surface area contributed by atoms with Crippen LogP contribution >= 0.6 is 0 Å². The molecule has 0 aromatic heterocycles. The summed E-state index contributed by atoms with van der Waals surface area (Å²) >= 11 is 0. The van der Waals surface area contributed by atoms with Crippen LogP contribution in [0.4, 0.5) is 17.1 Å². The van der Waals surface area contributed by atoms with E-state index in [-0.39, 0.29) is 23.9 Å². The molecule has 21 heavy (non-hydrogen) atoms. The van der Waals surface area contributed by atoms with Crippen LogP contribution in [0.2, 0.25) is 0 Å². The normalized spacial score (nSPS) is 13.1. The lowest BCUT2D eigenvalue weighted by molar-refractivity contribution is -0.383. The summed E-state index contributed by atoms with van der Waals surface area (Å²) in [5, 5.41) is 19.1. The first kappa shape index (κ1) is 14.8. The van der Waals surface area contributed by atoms with Crippen LogP contribution in [-0.4, -0.2) is 30.3 Å². The summed E-state index contributed by atoms with van der Waals surface area (Å²) in [5.74, 6) is -0.285. The minimum absolute atomic E-state index is 0.118. The second-order valence-corrected chi connectivity index (χ2v) is 4.68. The molecule has 0 radical (unpaired) electrons. The Balaban J connectivity index is 2.21. The van der Waals surface area contributed by atoms with Crippen LogP contribution in [-0.2, 0) is 16.0 Å². The first-order valence-electron chi connectivity index (χ1n) is 6.57. The van der Waals surface area contributed by atoms with E-state index in [4.69, 9.17) is 0 Å². The maximum absolute atomic E-state index is 11.3. The van der Waals surface area contributed by atoms with Gasteiger partial charge in [0.05, 0.1) is 10.6 Å². The van der Waals surface area contributed by atoms with E-state index in [0.717, 1.165) is 5.56 Å². The van der Waals surface area contributed by atoms with E-state index >= 15 is 0 Å². The second kappa shape index (κ2) is 6.21. The molecule has 2 amide bonds. The number of hydrogen-bond donors (Lipinski definition) is 3. The standard InChI is InChI=1S/C13H16N4O4/c1-14-12(18)4-5-15-10-6-8-2-3-13(19)16-9(8)7-11(10)17(20)21/h6-7,15H,2-5H2,1H3,(H,14,18)(H,16,19). The zero-order chi connectivity index (χ0) is 15.4. The number of nitro benzene ring substituents is 1. The number of nitrogens with zero attached hydrogens (tertiary/aromatic N) is 1. The molecule has 0 saturated heterocycles. The molecule has 1 aromatic carbocycles. The fourth-order valence-electron chi connectivity index (χ4n) is 2.15. The summed E-state index contributed by atoms with van der Waals surface area (Å²) in [6.07, 6.45) is 1.13. The quantitative estimate of drug-likeness (QED) is 0.554. The number of nitro groups is 1. The van der Waals surface area contributed by atoms with Gasteiger partial charge in [0.1, 0.15) is 5.69 Å². The van der Waals surface area contributed by atoms with Gasteiger partial charge >= 0.3 is 0 Å². The smallest absolute Gasteiger partial charge is 0.294 e. The number of aryl methyl sites for hydroxylation is 1. The third kappa shape index (κ3) is 3.47. The van der Waals surface area contributed by atoms with Gasteiger partial charge in [0.25, 0.3) is 5.69 Å². The predicted molar refractivity (Wildman–Crippen MR) is 77.2 cm³/mol. The molecule has 3 N–H and O–H groups in total. The van der Waals surface area contributed by atoms with Crippen LogP contribution < -0.4 is 16.0 Å². The Hall–Kier alpha value is -2.64. The van der Waals surface area contributed by atoms with Gasteiger partial charge in [-0.05, 0) is 18.1 Å². The highest BCUT2D eigenvalue weighted by Crippen LogP contribution is 2.34. The Kier molecular flexibility index (Phi) is 4.36. The Labute approximate surface area is 121 Å². The van der Waals surface area contributed by atoms with E-state index in [0.29, 0.717) is 30.8 Å². The fraction of sp³-hybridized carbons (Fsp3) is 0.385. The van der Waals surface area contributed by atoms with Crippen molar-refractivity contribution in [2.24, 2.45) is 0 Å². The maximum atomic E-state index is 11.3. The molecule has 0 fully saturated rings. The van der Waals surface area contributed by atoms with E-state index in [1.807, 2.05) is 0 Å². The summed E-state index contributed by atoms with van der Waals surface area (Å²) in [6, 6.07) is 3.02. The number of anilines is 2. The molecule has 0 unspecified atom stereocenters. The first-order chi connectivity index (χ1) is 10.0. The number of rotatable bonds is 5. The lowest BCUT2D eigenvalue weighted by atomic mass is 10.0. The van der Waals surface area contributed by atoms with Crippen LogP contribution in [0.5, 0.6) is 0 Å². The van der Waals surface area contributed by atoms with Crippen molar-refractivity contribution in [2.45, 2.75) is 19.3 Å². The number of amides is 2. The van der Waals surface area contributed by atoms with Crippen LogP contribution in [0, 0.1) is 10.1 Å². The summed E-state index contributed by atoms with van der Waals surface area (Å²) in [7, 11) is 1.53. The lowest BCUT2D eigenvalue weighted by Gasteiger charge is -2.18. The maximum Gasteiger partial charge on any atom is 0.294 e. The molecule has 0 atom stereocenters. The third-order valence-electron chi connectivity index (χ3n) is 3.26. The molecule has 2 rings (SSSR count). The van der Waals surface area contributed by atoms with E-state index in [1.54, 1.807) is 6.07 Å². The van der Waals surface area contributed by atoms with Gasteiger partial charge in [0.15, 0.2) is 0 Å². The van der Waals surface area contributed by atoms with E-state index in [1.165, 1.54) is 13.1 Å². The average molecular weight is 292 g/mol. The number of carbonyl (C=O) groups is 2. The third-order valence-corrected chi connectivity index (χ3v) is 3.26. The molecule has 1 aliphatic heterocycles. The van der Waals surface area contributed by atoms with E-state index < -0.39 is 4.92 Å². The fourth-order valence-corrected chi connectivity index (χ4v) is 2.15. The van der Waals surface area contributed by atoms with Gasteiger partial charge in [-0.1, -0.05) is 0 Å². The van der Waals surface area contributed by atoms with Crippen molar-refractivity contribution in [1.82, 2.24) is 5.32 Å². The van der Waals surface area contributed by atoms with Crippen LogP contribution in [0.3, 0.4) is 0 Å². The summed E-state index contributed by atoms with van der Waals surface area (Å²) in [5.41, 5.74) is 1.57. The highest BCUT2D eigenvalue weighted by atomic mass is 16.6. The minimum atomic E-state index is -0.511. The van der Waals surface area contributed by atoms with Gasteiger partial charge in [0, 0.05) is 32.5 Å².